The minimum Gasteiger partial charge on any atom is -0.481 e. The van der Waals surface area contributed by atoms with Crippen molar-refractivity contribution in [3.8, 4) is 0 Å². The lowest BCUT2D eigenvalue weighted by Crippen LogP contribution is -1.98. The molecule has 0 saturated heterocycles. The molecule has 0 saturated carbocycles. The van der Waals surface area contributed by atoms with Gasteiger partial charge >= 0.3 is 5.97 Å². The Kier molecular flexibility index (Phi) is 15.6. The average Bonchev–Trinajstić information content (AvgIpc) is 2.52. The van der Waals surface area contributed by atoms with Crippen LogP contribution in [0.25, 0.3) is 0 Å². The van der Waals surface area contributed by atoms with E-state index < -0.39 is 12.1 Å². The zero-order valence-electron chi connectivity index (χ0n) is 14.4. The molecule has 0 aromatic rings. The summed E-state index contributed by atoms with van der Waals surface area (Å²) in [7, 11) is 0. The molecule has 23 heavy (non-hydrogen) atoms. The van der Waals surface area contributed by atoms with E-state index in [9.17, 15) is 9.90 Å². The second-order valence-corrected chi connectivity index (χ2v) is 5.58. The van der Waals surface area contributed by atoms with Crippen LogP contribution in [0.2, 0.25) is 0 Å². The zero-order valence-corrected chi connectivity index (χ0v) is 14.4. The van der Waals surface area contributed by atoms with Gasteiger partial charge in [0.25, 0.3) is 0 Å². The molecule has 0 aromatic heterocycles. The van der Waals surface area contributed by atoms with Crippen LogP contribution in [0.4, 0.5) is 0 Å². The summed E-state index contributed by atoms with van der Waals surface area (Å²) in [5, 5.41) is 18.3. The summed E-state index contributed by atoms with van der Waals surface area (Å²) < 4.78 is 0. The van der Waals surface area contributed by atoms with E-state index in [0.717, 1.165) is 19.3 Å². The molecule has 0 aromatic carbocycles. The van der Waals surface area contributed by atoms with E-state index in [0.29, 0.717) is 12.8 Å². The van der Waals surface area contributed by atoms with Gasteiger partial charge in [-0.2, -0.15) is 0 Å². The van der Waals surface area contributed by atoms with Gasteiger partial charge in [0, 0.05) is 6.42 Å². The summed E-state index contributed by atoms with van der Waals surface area (Å²) in [5.41, 5.74) is 0. The first-order valence-corrected chi connectivity index (χ1v) is 8.70. The second-order valence-electron chi connectivity index (χ2n) is 5.58. The standard InChI is InChI=1S/C20H32O3/c1-2-3-4-5-10-13-16-19(21)17-14-11-8-6-7-9-12-15-18-20(22)23/h7-11,13-14,17,19,21H,2-6,12,15-16,18H2,1H3,(H,22,23)/b9-7+,11-8+,13-10+,17-14+/t19-/m1/s1. The van der Waals surface area contributed by atoms with Crippen molar-refractivity contribution in [2.45, 2.75) is 70.8 Å². The molecule has 0 spiro atoms. The Labute approximate surface area is 141 Å². The van der Waals surface area contributed by atoms with E-state index in [4.69, 9.17) is 5.11 Å². The molecule has 0 rings (SSSR count). The number of hydrogen-bond donors (Lipinski definition) is 2. The van der Waals surface area contributed by atoms with Crippen LogP contribution in [0.5, 0.6) is 0 Å². The largest absolute Gasteiger partial charge is 0.481 e. The Bertz CT molecular complexity index is 392. The number of carboxylic acids is 1. The number of hydrogen-bond acceptors (Lipinski definition) is 2. The zero-order chi connectivity index (χ0) is 17.2. The van der Waals surface area contributed by atoms with Gasteiger partial charge in [-0.25, -0.2) is 0 Å². The van der Waals surface area contributed by atoms with Gasteiger partial charge in [-0.15, -0.1) is 0 Å². The van der Waals surface area contributed by atoms with E-state index in [1.54, 1.807) is 6.08 Å². The van der Waals surface area contributed by atoms with Gasteiger partial charge < -0.3 is 10.2 Å². The van der Waals surface area contributed by atoms with Crippen molar-refractivity contribution in [3.63, 3.8) is 0 Å². The van der Waals surface area contributed by atoms with E-state index >= 15 is 0 Å². The molecule has 0 aliphatic heterocycles. The highest BCUT2D eigenvalue weighted by Crippen LogP contribution is 2.02. The summed E-state index contributed by atoms with van der Waals surface area (Å²) in [6.07, 6.45) is 23.5. The SMILES string of the molecule is CCCCC/C=C/C[C@@H](O)/C=C/C=C/C/C=C/CCCC(=O)O. The van der Waals surface area contributed by atoms with Crippen molar-refractivity contribution in [2.75, 3.05) is 0 Å². The molecular weight excluding hydrogens is 288 g/mol. The fourth-order valence-electron chi connectivity index (χ4n) is 1.96. The quantitative estimate of drug-likeness (QED) is 0.263. The number of carbonyl (C=O) groups is 1. The summed E-state index contributed by atoms with van der Waals surface area (Å²) in [5.74, 6) is -0.738. The van der Waals surface area contributed by atoms with Gasteiger partial charge in [-0.1, -0.05) is 68.4 Å². The third-order valence-electron chi connectivity index (χ3n) is 3.30. The van der Waals surface area contributed by atoms with E-state index in [1.165, 1.54) is 19.3 Å². The second kappa shape index (κ2) is 16.8. The van der Waals surface area contributed by atoms with Crippen LogP contribution in [0.3, 0.4) is 0 Å². The molecule has 3 heteroatoms. The first-order chi connectivity index (χ1) is 11.2. The predicted molar refractivity (Wildman–Crippen MR) is 97.4 cm³/mol. The molecule has 0 radical (unpaired) electrons. The lowest BCUT2D eigenvalue weighted by Gasteiger charge is -1.99. The molecule has 0 aliphatic rings. The Balaban J connectivity index is 3.62. The van der Waals surface area contributed by atoms with Crippen LogP contribution in [-0.4, -0.2) is 22.3 Å². The molecule has 0 amide bonds. The van der Waals surface area contributed by atoms with Crippen molar-refractivity contribution >= 4 is 5.97 Å². The molecular formula is C20H32O3. The van der Waals surface area contributed by atoms with Crippen LogP contribution >= 0.6 is 0 Å². The Hall–Kier alpha value is -1.61. The molecule has 1 atom stereocenters. The topological polar surface area (TPSA) is 57.5 Å². The molecule has 3 nitrogen and oxygen atoms in total. The van der Waals surface area contributed by atoms with Crippen molar-refractivity contribution in [2.24, 2.45) is 0 Å². The summed E-state index contributed by atoms with van der Waals surface area (Å²) in [4.78, 5) is 10.3. The minimum atomic E-state index is -0.738. The first kappa shape index (κ1) is 21.4. The van der Waals surface area contributed by atoms with Gasteiger partial charge in [0.1, 0.15) is 0 Å². The fourth-order valence-corrected chi connectivity index (χ4v) is 1.96. The van der Waals surface area contributed by atoms with Crippen LogP contribution in [0.15, 0.2) is 48.6 Å². The van der Waals surface area contributed by atoms with Gasteiger partial charge in [-0.05, 0) is 38.5 Å². The van der Waals surface area contributed by atoms with Gasteiger partial charge in [0.05, 0.1) is 6.10 Å². The number of allylic oxidation sites excluding steroid dienone is 6. The maximum absolute atomic E-state index is 10.3. The third kappa shape index (κ3) is 18.3. The Morgan fingerprint density at radius 1 is 0.957 bits per heavy atom. The van der Waals surface area contributed by atoms with Crippen molar-refractivity contribution in [1.29, 1.82) is 0 Å². The van der Waals surface area contributed by atoms with E-state index in [1.807, 2.05) is 36.5 Å². The highest BCUT2D eigenvalue weighted by Gasteiger charge is 1.93. The lowest BCUT2D eigenvalue weighted by molar-refractivity contribution is -0.137. The van der Waals surface area contributed by atoms with Crippen molar-refractivity contribution in [3.05, 3.63) is 48.6 Å². The lowest BCUT2D eigenvalue weighted by atomic mass is 10.1. The number of unbranched alkanes of at least 4 members (excludes halogenated alkanes) is 4. The normalized spacial score (nSPS) is 13.8. The molecule has 0 aliphatic carbocycles. The highest BCUT2D eigenvalue weighted by atomic mass is 16.4. The summed E-state index contributed by atoms with van der Waals surface area (Å²) in [6.45, 7) is 2.20. The molecule has 130 valence electrons. The number of rotatable bonds is 14. The maximum atomic E-state index is 10.3. The molecule has 2 N–H and O–H groups in total. The molecule has 0 unspecified atom stereocenters. The monoisotopic (exact) mass is 320 g/mol. The molecule has 0 heterocycles. The van der Waals surface area contributed by atoms with Crippen LogP contribution in [0.1, 0.15) is 64.7 Å². The van der Waals surface area contributed by atoms with Gasteiger partial charge in [0.2, 0.25) is 0 Å². The van der Waals surface area contributed by atoms with Crippen molar-refractivity contribution in [1.82, 2.24) is 0 Å². The highest BCUT2D eigenvalue weighted by molar-refractivity contribution is 5.66. The van der Waals surface area contributed by atoms with Crippen molar-refractivity contribution < 1.29 is 15.0 Å². The summed E-state index contributed by atoms with van der Waals surface area (Å²) >= 11 is 0. The first-order valence-electron chi connectivity index (χ1n) is 8.70. The Morgan fingerprint density at radius 3 is 2.43 bits per heavy atom. The van der Waals surface area contributed by atoms with Crippen LogP contribution in [0, 0.1) is 0 Å². The smallest absolute Gasteiger partial charge is 0.303 e. The van der Waals surface area contributed by atoms with Gasteiger partial charge in [0.15, 0.2) is 0 Å². The number of aliphatic carboxylic acids is 1. The fraction of sp³-hybridized carbons (Fsp3) is 0.550. The summed E-state index contributed by atoms with van der Waals surface area (Å²) in [6, 6.07) is 0. The predicted octanol–water partition coefficient (Wildman–Crippen LogP) is 5.19. The minimum absolute atomic E-state index is 0.230. The average molecular weight is 320 g/mol. The van der Waals surface area contributed by atoms with Gasteiger partial charge in [-0.3, -0.25) is 4.79 Å². The third-order valence-corrected chi connectivity index (χ3v) is 3.30. The van der Waals surface area contributed by atoms with E-state index in [2.05, 4.69) is 13.0 Å². The number of aliphatic hydroxyl groups is 1. The van der Waals surface area contributed by atoms with E-state index in [-0.39, 0.29) is 6.42 Å². The molecule has 0 fully saturated rings. The maximum Gasteiger partial charge on any atom is 0.303 e. The number of carboxylic acid groups (broad SMARTS) is 1. The number of aliphatic hydroxyl groups excluding tert-OH is 1. The Morgan fingerprint density at radius 2 is 1.70 bits per heavy atom. The van der Waals surface area contributed by atoms with Crippen LogP contribution < -0.4 is 0 Å². The van der Waals surface area contributed by atoms with Crippen LogP contribution in [-0.2, 0) is 4.79 Å². The molecule has 0 bridgehead atoms.